The number of fused-ring (bicyclic) bond motifs is 1. The molecule has 2 aromatic rings. The first-order valence-corrected chi connectivity index (χ1v) is 13.9. The molecule has 1 fully saturated rings. The highest BCUT2D eigenvalue weighted by Gasteiger charge is 2.47. The van der Waals surface area contributed by atoms with Gasteiger partial charge in [0, 0.05) is 19.5 Å². The van der Waals surface area contributed by atoms with Gasteiger partial charge in [0.2, 0.25) is 11.8 Å². The number of rotatable bonds is 6. The number of carbonyl (C=O) groups is 4. The van der Waals surface area contributed by atoms with Gasteiger partial charge in [0.05, 0.1) is 18.1 Å². The van der Waals surface area contributed by atoms with Crippen molar-refractivity contribution in [1.29, 1.82) is 0 Å². The summed E-state index contributed by atoms with van der Waals surface area (Å²) >= 11 is 0. The zero-order valence-electron chi connectivity index (χ0n) is 24.0. The third kappa shape index (κ3) is 6.53. The van der Waals surface area contributed by atoms with Crippen LogP contribution in [0.4, 0.5) is 4.79 Å². The highest BCUT2D eigenvalue weighted by molar-refractivity contribution is 5.92. The molecule has 10 heteroatoms. The number of carboxylic acid groups (broad SMARTS) is 1. The SMILES string of the molecule is C[C@@H](O)[C@H](NC(=O)C1(c2ccccc2)CCN(C(=O)[C@H]2Cc3ccccc3CN2C(=O)OC(C)(C)C)CC1)C(=O)O. The highest BCUT2D eigenvalue weighted by Crippen LogP contribution is 2.37. The summed E-state index contributed by atoms with van der Waals surface area (Å²) in [5.74, 6) is -2.06. The summed E-state index contributed by atoms with van der Waals surface area (Å²) < 4.78 is 5.65. The van der Waals surface area contributed by atoms with Crippen LogP contribution in [0, 0.1) is 0 Å². The second-order valence-corrected chi connectivity index (χ2v) is 11.9. The zero-order chi connectivity index (χ0) is 29.9. The number of aliphatic hydroxyl groups is 1. The fourth-order valence-corrected chi connectivity index (χ4v) is 5.65. The number of hydrogen-bond donors (Lipinski definition) is 3. The van der Waals surface area contributed by atoms with Crippen molar-refractivity contribution in [3.05, 3.63) is 71.3 Å². The Morgan fingerprint density at radius 1 is 0.976 bits per heavy atom. The molecule has 2 heterocycles. The summed E-state index contributed by atoms with van der Waals surface area (Å²) in [6, 6.07) is 14.6. The van der Waals surface area contributed by atoms with Crippen molar-refractivity contribution in [1.82, 2.24) is 15.1 Å². The van der Waals surface area contributed by atoms with Gasteiger partial charge in [-0.2, -0.15) is 0 Å². The first-order chi connectivity index (χ1) is 19.3. The number of aliphatic hydroxyl groups excluding tert-OH is 1. The van der Waals surface area contributed by atoms with Gasteiger partial charge in [0.1, 0.15) is 11.6 Å². The molecular formula is C31H39N3O7. The van der Waals surface area contributed by atoms with E-state index in [4.69, 9.17) is 4.74 Å². The average Bonchev–Trinajstić information content (AvgIpc) is 2.94. The number of carbonyl (C=O) groups excluding carboxylic acids is 3. The van der Waals surface area contributed by atoms with E-state index >= 15 is 0 Å². The number of amides is 3. The molecule has 0 aromatic heterocycles. The summed E-state index contributed by atoms with van der Waals surface area (Å²) in [4.78, 5) is 55.7. The van der Waals surface area contributed by atoms with E-state index in [2.05, 4.69) is 5.32 Å². The van der Waals surface area contributed by atoms with Crippen LogP contribution < -0.4 is 5.32 Å². The molecule has 3 amide bonds. The lowest BCUT2D eigenvalue weighted by Gasteiger charge is -2.44. The number of aliphatic carboxylic acids is 1. The number of nitrogens with one attached hydrogen (secondary N) is 1. The number of piperidine rings is 1. The Kier molecular flexibility index (Phi) is 8.72. The second kappa shape index (κ2) is 11.9. The number of carboxylic acids is 1. The molecule has 2 aromatic carbocycles. The third-order valence-corrected chi connectivity index (χ3v) is 7.89. The maximum atomic E-state index is 14.0. The van der Waals surface area contributed by atoms with Crippen molar-refractivity contribution in [3.8, 4) is 0 Å². The molecule has 41 heavy (non-hydrogen) atoms. The fraction of sp³-hybridized carbons (Fsp3) is 0.484. The Hall–Kier alpha value is -3.92. The molecule has 4 rings (SSSR count). The van der Waals surface area contributed by atoms with Crippen molar-refractivity contribution in [3.63, 3.8) is 0 Å². The Bertz CT molecular complexity index is 1280. The summed E-state index contributed by atoms with van der Waals surface area (Å²) in [5, 5.41) is 22.0. The number of benzene rings is 2. The molecule has 0 bridgehead atoms. The van der Waals surface area contributed by atoms with Crippen LogP contribution >= 0.6 is 0 Å². The third-order valence-electron chi connectivity index (χ3n) is 7.89. The summed E-state index contributed by atoms with van der Waals surface area (Å²) in [6.07, 6.45) is -1.01. The Morgan fingerprint density at radius 2 is 1.56 bits per heavy atom. The maximum absolute atomic E-state index is 14.0. The molecule has 0 spiro atoms. The van der Waals surface area contributed by atoms with Gasteiger partial charge in [-0.25, -0.2) is 9.59 Å². The number of nitrogens with zero attached hydrogens (tertiary/aromatic N) is 2. The van der Waals surface area contributed by atoms with Crippen LogP contribution in [0.3, 0.4) is 0 Å². The lowest BCUT2D eigenvalue weighted by Crippen LogP contribution is -2.60. The normalized spacial score (nSPS) is 19.9. The minimum atomic E-state index is -1.47. The predicted molar refractivity (Wildman–Crippen MR) is 151 cm³/mol. The van der Waals surface area contributed by atoms with Crippen LogP contribution in [0.25, 0.3) is 0 Å². The lowest BCUT2D eigenvalue weighted by molar-refractivity contribution is -0.147. The maximum Gasteiger partial charge on any atom is 0.411 e. The van der Waals surface area contributed by atoms with Crippen LogP contribution in [0.5, 0.6) is 0 Å². The molecule has 220 valence electrons. The van der Waals surface area contributed by atoms with Crippen LogP contribution in [-0.4, -0.2) is 80.8 Å². The monoisotopic (exact) mass is 565 g/mol. The molecule has 2 aliphatic heterocycles. The van der Waals surface area contributed by atoms with Gasteiger partial charge in [-0.15, -0.1) is 0 Å². The largest absolute Gasteiger partial charge is 0.480 e. The van der Waals surface area contributed by atoms with Crippen molar-refractivity contribution in [2.24, 2.45) is 0 Å². The van der Waals surface area contributed by atoms with Gasteiger partial charge in [-0.05, 0) is 57.2 Å². The zero-order valence-corrected chi connectivity index (χ0v) is 24.0. The van der Waals surface area contributed by atoms with E-state index < -0.39 is 47.2 Å². The molecule has 0 unspecified atom stereocenters. The summed E-state index contributed by atoms with van der Waals surface area (Å²) in [5.41, 5.74) is 0.853. The van der Waals surface area contributed by atoms with Crippen LogP contribution in [0.2, 0.25) is 0 Å². The van der Waals surface area contributed by atoms with E-state index in [1.807, 2.05) is 54.6 Å². The summed E-state index contributed by atoms with van der Waals surface area (Å²) in [7, 11) is 0. The van der Waals surface area contributed by atoms with E-state index in [0.29, 0.717) is 12.0 Å². The van der Waals surface area contributed by atoms with Gasteiger partial charge in [0.15, 0.2) is 6.04 Å². The molecule has 3 atom stereocenters. The molecule has 3 N–H and O–H groups in total. The average molecular weight is 566 g/mol. The van der Waals surface area contributed by atoms with Crippen molar-refractivity contribution in [2.75, 3.05) is 13.1 Å². The standard InChI is InChI=1S/C31H39N3O7/c1-20(35)25(27(37)38)32-28(39)31(23-12-6-5-7-13-23)14-16-33(17-15-31)26(36)24-18-21-10-8-9-11-22(21)19-34(24)29(40)41-30(2,3)4/h5-13,20,24-25,35H,14-19H2,1-4H3,(H,32,39)(H,37,38)/t20-,24-,25+/m1/s1. The first-order valence-electron chi connectivity index (χ1n) is 13.9. The minimum Gasteiger partial charge on any atom is -0.480 e. The van der Waals surface area contributed by atoms with E-state index in [0.717, 1.165) is 11.1 Å². The Labute approximate surface area is 240 Å². The molecule has 2 aliphatic rings. The predicted octanol–water partition coefficient (Wildman–Crippen LogP) is 2.86. The smallest absolute Gasteiger partial charge is 0.411 e. The van der Waals surface area contributed by atoms with Crippen LogP contribution in [0.15, 0.2) is 54.6 Å². The lowest BCUT2D eigenvalue weighted by atomic mass is 9.71. The molecule has 1 saturated heterocycles. The van der Waals surface area contributed by atoms with Gasteiger partial charge in [-0.3, -0.25) is 14.5 Å². The van der Waals surface area contributed by atoms with Gasteiger partial charge in [-0.1, -0.05) is 54.6 Å². The van der Waals surface area contributed by atoms with Crippen LogP contribution in [0.1, 0.15) is 57.2 Å². The molecule has 10 nitrogen and oxygen atoms in total. The molecule has 0 radical (unpaired) electrons. The highest BCUT2D eigenvalue weighted by atomic mass is 16.6. The number of hydrogen-bond acceptors (Lipinski definition) is 6. The van der Waals surface area contributed by atoms with Crippen LogP contribution in [-0.2, 0) is 37.5 Å². The minimum absolute atomic E-state index is 0.222. The van der Waals surface area contributed by atoms with Gasteiger partial charge < -0.3 is 25.2 Å². The topological polar surface area (TPSA) is 136 Å². The van der Waals surface area contributed by atoms with E-state index in [1.54, 1.807) is 25.7 Å². The Morgan fingerprint density at radius 3 is 2.12 bits per heavy atom. The Balaban J connectivity index is 1.58. The second-order valence-electron chi connectivity index (χ2n) is 11.9. The number of likely N-dealkylation sites (tertiary alicyclic amines) is 1. The molecular weight excluding hydrogens is 526 g/mol. The van der Waals surface area contributed by atoms with E-state index in [9.17, 15) is 29.4 Å². The van der Waals surface area contributed by atoms with Gasteiger partial charge >= 0.3 is 12.1 Å². The first kappa shape index (κ1) is 30.0. The van der Waals surface area contributed by atoms with Crippen molar-refractivity contribution >= 4 is 23.9 Å². The van der Waals surface area contributed by atoms with E-state index in [1.165, 1.54) is 11.8 Å². The summed E-state index contributed by atoms with van der Waals surface area (Å²) in [6.45, 7) is 7.37. The fourth-order valence-electron chi connectivity index (χ4n) is 5.65. The van der Waals surface area contributed by atoms with Crippen molar-refractivity contribution < 1.29 is 34.1 Å². The molecule has 0 saturated carbocycles. The van der Waals surface area contributed by atoms with E-state index in [-0.39, 0.29) is 38.4 Å². The van der Waals surface area contributed by atoms with Crippen molar-refractivity contribution in [2.45, 2.75) is 82.7 Å². The number of ether oxygens (including phenoxy) is 1. The molecule has 0 aliphatic carbocycles. The quantitative estimate of drug-likeness (QED) is 0.490. The van der Waals surface area contributed by atoms with Gasteiger partial charge in [0.25, 0.3) is 0 Å².